The monoisotopic (exact) mass is 318 g/mol. The summed E-state index contributed by atoms with van der Waals surface area (Å²) in [5, 5.41) is 26.3. The number of fused-ring (bicyclic) bond motifs is 1. The van der Waals surface area contributed by atoms with E-state index in [2.05, 4.69) is 25.5 Å². The molecule has 0 aromatic carbocycles. The maximum atomic E-state index is 10.2. The third kappa shape index (κ3) is 3.44. The molecule has 0 radical (unpaired) electrons. The van der Waals surface area contributed by atoms with Gasteiger partial charge in [0.05, 0.1) is 19.3 Å². The van der Waals surface area contributed by atoms with Gasteiger partial charge in [-0.25, -0.2) is 0 Å². The molecule has 1 saturated heterocycles. The standard InChI is InChI=1S/C15H22N6O2/c22-12(10-20-5-7-23-8-6-20)9-16-13-3-4-14-17-18-15(11-1-2-11)21(14)19-13/h3-4,11-12,22H,1-2,5-10H2,(H,16,19). The van der Waals surface area contributed by atoms with E-state index >= 15 is 0 Å². The van der Waals surface area contributed by atoms with Gasteiger partial charge in [0.25, 0.3) is 0 Å². The average Bonchev–Trinajstić information content (AvgIpc) is 3.33. The van der Waals surface area contributed by atoms with Gasteiger partial charge in [0.1, 0.15) is 5.82 Å². The second kappa shape index (κ2) is 6.38. The second-order valence-electron chi connectivity index (χ2n) is 6.27. The predicted molar refractivity (Wildman–Crippen MR) is 84.5 cm³/mol. The molecule has 1 aliphatic heterocycles. The Balaban J connectivity index is 1.36. The Morgan fingerprint density at radius 1 is 1.26 bits per heavy atom. The van der Waals surface area contributed by atoms with Crippen LogP contribution in [0, 0.1) is 0 Å². The Kier molecular flexibility index (Phi) is 4.11. The summed E-state index contributed by atoms with van der Waals surface area (Å²) in [5.41, 5.74) is 0.770. The smallest absolute Gasteiger partial charge is 0.178 e. The molecule has 1 saturated carbocycles. The Morgan fingerprint density at radius 2 is 2.09 bits per heavy atom. The lowest BCUT2D eigenvalue weighted by Gasteiger charge is -2.28. The summed E-state index contributed by atoms with van der Waals surface area (Å²) in [4.78, 5) is 2.22. The molecule has 1 aliphatic carbocycles. The summed E-state index contributed by atoms with van der Waals surface area (Å²) in [6.45, 7) is 4.38. The lowest BCUT2D eigenvalue weighted by molar-refractivity contribution is 0.0171. The van der Waals surface area contributed by atoms with Gasteiger partial charge < -0.3 is 15.2 Å². The van der Waals surface area contributed by atoms with Gasteiger partial charge in [0.2, 0.25) is 0 Å². The first-order chi connectivity index (χ1) is 11.3. The van der Waals surface area contributed by atoms with Crippen LogP contribution in [-0.4, -0.2) is 75.3 Å². The molecule has 8 heteroatoms. The van der Waals surface area contributed by atoms with Crippen LogP contribution >= 0.6 is 0 Å². The third-order valence-corrected chi connectivity index (χ3v) is 4.32. The van der Waals surface area contributed by atoms with Crippen LogP contribution in [0.1, 0.15) is 24.6 Å². The van der Waals surface area contributed by atoms with Crippen molar-refractivity contribution in [3.63, 3.8) is 0 Å². The first kappa shape index (κ1) is 14.8. The molecule has 4 rings (SSSR count). The lowest BCUT2D eigenvalue weighted by Crippen LogP contribution is -2.42. The van der Waals surface area contributed by atoms with Crippen molar-refractivity contribution in [2.45, 2.75) is 24.9 Å². The van der Waals surface area contributed by atoms with Crippen molar-refractivity contribution < 1.29 is 9.84 Å². The van der Waals surface area contributed by atoms with E-state index in [0.29, 0.717) is 19.0 Å². The zero-order chi connectivity index (χ0) is 15.6. The molecule has 2 fully saturated rings. The van der Waals surface area contributed by atoms with Crippen LogP contribution in [0.15, 0.2) is 12.1 Å². The summed E-state index contributed by atoms with van der Waals surface area (Å²) in [6, 6.07) is 3.78. The number of morpholine rings is 1. The fourth-order valence-corrected chi connectivity index (χ4v) is 2.86. The van der Waals surface area contributed by atoms with Gasteiger partial charge in [-0.3, -0.25) is 4.90 Å². The normalized spacial score (nSPS) is 20.7. The van der Waals surface area contributed by atoms with Crippen molar-refractivity contribution in [2.75, 3.05) is 44.7 Å². The SMILES string of the molecule is OC(CNc1ccc2nnc(C3CC3)n2n1)CN1CCOCC1. The quantitative estimate of drug-likeness (QED) is 0.781. The van der Waals surface area contributed by atoms with E-state index in [1.807, 2.05) is 16.6 Å². The van der Waals surface area contributed by atoms with Gasteiger partial charge in [0.15, 0.2) is 11.5 Å². The largest absolute Gasteiger partial charge is 0.390 e. The Hall–Kier alpha value is -1.77. The predicted octanol–water partition coefficient (Wildman–Crippen LogP) is 0.107. The summed E-state index contributed by atoms with van der Waals surface area (Å²) in [6.07, 6.45) is 1.89. The topological polar surface area (TPSA) is 87.8 Å². The highest BCUT2D eigenvalue weighted by molar-refractivity contribution is 5.44. The van der Waals surface area contributed by atoms with Crippen LogP contribution in [0.3, 0.4) is 0 Å². The number of rotatable bonds is 6. The highest BCUT2D eigenvalue weighted by Crippen LogP contribution is 2.38. The Bertz CT molecular complexity index is 665. The van der Waals surface area contributed by atoms with E-state index in [0.717, 1.165) is 43.6 Å². The minimum Gasteiger partial charge on any atom is -0.390 e. The fourth-order valence-electron chi connectivity index (χ4n) is 2.86. The molecule has 124 valence electrons. The molecule has 23 heavy (non-hydrogen) atoms. The molecule has 1 unspecified atom stereocenters. The molecule has 3 heterocycles. The molecule has 8 nitrogen and oxygen atoms in total. The average molecular weight is 318 g/mol. The van der Waals surface area contributed by atoms with Crippen LogP contribution in [0.2, 0.25) is 0 Å². The number of ether oxygens (including phenoxy) is 1. The minimum atomic E-state index is -0.436. The number of nitrogens with one attached hydrogen (secondary N) is 1. The van der Waals surface area contributed by atoms with Crippen molar-refractivity contribution in [3.05, 3.63) is 18.0 Å². The maximum absolute atomic E-state index is 10.2. The van der Waals surface area contributed by atoms with Gasteiger partial charge in [-0.05, 0) is 25.0 Å². The number of nitrogens with zero attached hydrogens (tertiary/aromatic N) is 5. The lowest BCUT2D eigenvalue weighted by atomic mass is 10.3. The highest BCUT2D eigenvalue weighted by Gasteiger charge is 2.29. The molecule has 2 aromatic rings. The number of aliphatic hydroxyl groups is 1. The third-order valence-electron chi connectivity index (χ3n) is 4.32. The van der Waals surface area contributed by atoms with Gasteiger partial charge >= 0.3 is 0 Å². The first-order valence-corrected chi connectivity index (χ1v) is 8.24. The van der Waals surface area contributed by atoms with Crippen molar-refractivity contribution in [3.8, 4) is 0 Å². The van der Waals surface area contributed by atoms with Crippen LogP contribution in [0.5, 0.6) is 0 Å². The van der Waals surface area contributed by atoms with Gasteiger partial charge in [-0.1, -0.05) is 0 Å². The summed E-state index contributed by atoms with van der Waals surface area (Å²) < 4.78 is 7.13. The van der Waals surface area contributed by atoms with E-state index < -0.39 is 6.10 Å². The second-order valence-corrected chi connectivity index (χ2v) is 6.27. The number of anilines is 1. The summed E-state index contributed by atoms with van der Waals surface area (Å²) in [5.74, 6) is 2.18. The van der Waals surface area contributed by atoms with E-state index in [-0.39, 0.29) is 0 Å². The highest BCUT2D eigenvalue weighted by atomic mass is 16.5. The molecule has 0 spiro atoms. The number of aliphatic hydroxyl groups excluding tert-OH is 1. The molecule has 2 aromatic heterocycles. The van der Waals surface area contributed by atoms with E-state index in [1.165, 1.54) is 12.8 Å². The molecule has 0 amide bonds. The molecule has 0 bridgehead atoms. The van der Waals surface area contributed by atoms with E-state index in [4.69, 9.17) is 4.74 Å². The summed E-state index contributed by atoms with van der Waals surface area (Å²) >= 11 is 0. The van der Waals surface area contributed by atoms with E-state index in [9.17, 15) is 5.11 Å². The zero-order valence-electron chi connectivity index (χ0n) is 13.1. The van der Waals surface area contributed by atoms with E-state index in [1.54, 1.807) is 0 Å². The number of aromatic nitrogens is 4. The van der Waals surface area contributed by atoms with Crippen molar-refractivity contribution in [2.24, 2.45) is 0 Å². The molecule has 1 atom stereocenters. The van der Waals surface area contributed by atoms with Crippen molar-refractivity contribution in [1.29, 1.82) is 0 Å². The van der Waals surface area contributed by atoms with Gasteiger partial charge in [-0.15, -0.1) is 15.3 Å². The van der Waals surface area contributed by atoms with Crippen LogP contribution in [0.4, 0.5) is 5.82 Å². The minimum absolute atomic E-state index is 0.436. The summed E-state index contributed by atoms with van der Waals surface area (Å²) in [7, 11) is 0. The molecular weight excluding hydrogens is 296 g/mol. The Morgan fingerprint density at radius 3 is 2.87 bits per heavy atom. The van der Waals surface area contributed by atoms with Crippen LogP contribution in [0.25, 0.3) is 5.65 Å². The molecular formula is C15H22N6O2. The number of hydrogen-bond donors (Lipinski definition) is 2. The molecule has 2 N–H and O–H groups in total. The Labute approximate surface area is 134 Å². The zero-order valence-corrected chi connectivity index (χ0v) is 13.1. The fraction of sp³-hybridized carbons (Fsp3) is 0.667. The van der Waals surface area contributed by atoms with Gasteiger partial charge in [0, 0.05) is 32.1 Å². The number of hydrogen-bond acceptors (Lipinski definition) is 7. The van der Waals surface area contributed by atoms with Crippen molar-refractivity contribution >= 4 is 11.5 Å². The van der Waals surface area contributed by atoms with Crippen LogP contribution in [-0.2, 0) is 4.74 Å². The van der Waals surface area contributed by atoms with Gasteiger partial charge in [-0.2, -0.15) is 4.52 Å². The van der Waals surface area contributed by atoms with Crippen LogP contribution < -0.4 is 5.32 Å². The number of β-amino-alcohol motifs (C(OH)–C–C–N with tert-alkyl or cyclic N) is 1. The maximum Gasteiger partial charge on any atom is 0.178 e. The first-order valence-electron chi connectivity index (χ1n) is 8.24. The molecule has 2 aliphatic rings. The van der Waals surface area contributed by atoms with Crippen molar-refractivity contribution in [1.82, 2.24) is 24.7 Å².